The highest BCUT2D eigenvalue weighted by Gasteiger charge is 2.21. The van der Waals surface area contributed by atoms with Crippen LogP contribution in [0.1, 0.15) is 10.4 Å². The second-order valence-corrected chi connectivity index (χ2v) is 3.35. The van der Waals surface area contributed by atoms with Crippen LogP contribution in [0.25, 0.3) is 0 Å². The highest BCUT2D eigenvalue weighted by Crippen LogP contribution is 2.03. The third-order valence-electron chi connectivity index (χ3n) is 1.89. The monoisotopic (exact) mass is 241 g/mol. The number of nitrogens with zero attached hydrogens (tertiary/aromatic N) is 3. The Kier molecular flexibility index (Phi) is 3.81. The number of aromatic nitrogens is 2. The molecule has 1 amide bonds. The minimum absolute atomic E-state index is 0.148. The molecule has 1 heterocycles. The van der Waals surface area contributed by atoms with Crippen molar-refractivity contribution in [3.63, 3.8) is 0 Å². The third kappa shape index (κ3) is 3.59. The molecule has 1 rings (SSSR count). The lowest BCUT2D eigenvalue weighted by molar-refractivity contribution is -0.140. The molecule has 0 spiro atoms. The topological polar surface area (TPSA) is 113 Å². The van der Waals surface area contributed by atoms with E-state index >= 15 is 0 Å². The van der Waals surface area contributed by atoms with Gasteiger partial charge < -0.3 is 15.1 Å². The minimum atomic E-state index is -1.27. The number of aryl methyl sites for hydroxylation is 1. The molecule has 0 saturated heterocycles. The van der Waals surface area contributed by atoms with Crippen LogP contribution in [0.5, 0.6) is 0 Å². The molecule has 0 aliphatic carbocycles. The van der Waals surface area contributed by atoms with Gasteiger partial charge in [-0.2, -0.15) is 5.10 Å². The molecule has 0 bridgehead atoms. The zero-order valence-corrected chi connectivity index (χ0v) is 9.03. The molecular formula is C9H11N3O5. The van der Waals surface area contributed by atoms with Crippen molar-refractivity contribution in [2.45, 2.75) is 0 Å². The third-order valence-corrected chi connectivity index (χ3v) is 1.89. The summed E-state index contributed by atoms with van der Waals surface area (Å²) >= 11 is 0. The van der Waals surface area contributed by atoms with Gasteiger partial charge in [-0.25, -0.2) is 0 Å². The number of aliphatic carboxylic acids is 2. The first-order chi connectivity index (χ1) is 7.90. The predicted octanol–water partition coefficient (Wildman–Crippen LogP) is -0.968. The summed E-state index contributed by atoms with van der Waals surface area (Å²) in [7, 11) is 1.59. The summed E-state index contributed by atoms with van der Waals surface area (Å²) < 4.78 is 1.37. The van der Waals surface area contributed by atoms with Crippen LogP contribution in [0.3, 0.4) is 0 Å². The smallest absolute Gasteiger partial charge is 0.323 e. The second kappa shape index (κ2) is 5.10. The molecule has 2 N–H and O–H groups in total. The van der Waals surface area contributed by atoms with E-state index in [1.165, 1.54) is 17.1 Å². The quantitative estimate of drug-likeness (QED) is 0.685. The van der Waals surface area contributed by atoms with Crippen molar-refractivity contribution in [2.24, 2.45) is 7.05 Å². The standard InChI is InChI=1S/C9H11N3O5/c1-11-3-6(2-10-11)9(17)12(4-7(13)14)5-8(15)16/h2-3H,4-5H2,1H3,(H,13,14)(H,15,16). The van der Waals surface area contributed by atoms with Crippen molar-refractivity contribution in [2.75, 3.05) is 13.1 Å². The van der Waals surface area contributed by atoms with E-state index < -0.39 is 30.9 Å². The van der Waals surface area contributed by atoms with Crippen LogP contribution in [0.2, 0.25) is 0 Å². The average Bonchev–Trinajstić information content (AvgIpc) is 2.61. The van der Waals surface area contributed by atoms with E-state index in [1.807, 2.05) is 0 Å². The molecule has 0 fully saturated rings. The number of hydrogen-bond donors (Lipinski definition) is 2. The van der Waals surface area contributed by atoms with Gasteiger partial charge in [0.15, 0.2) is 0 Å². The summed E-state index contributed by atoms with van der Waals surface area (Å²) in [5.74, 6) is -3.23. The molecule has 1 aromatic heterocycles. The summed E-state index contributed by atoms with van der Waals surface area (Å²) in [5, 5.41) is 20.9. The first-order valence-electron chi connectivity index (χ1n) is 4.61. The summed E-state index contributed by atoms with van der Waals surface area (Å²) in [5.41, 5.74) is 0.148. The Morgan fingerprint density at radius 1 is 1.29 bits per heavy atom. The molecule has 0 atom stereocenters. The Hall–Kier alpha value is -2.38. The summed E-state index contributed by atoms with van der Waals surface area (Å²) in [6.45, 7) is -1.33. The molecule has 0 aliphatic heterocycles. The number of hydrogen-bond acceptors (Lipinski definition) is 4. The molecule has 8 heteroatoms. The first kappa shape index (κ1) is 12.7. The van der Waals surface area contributed by atoms with Gasteiger partial charge >= 0.3 is 11.9 Å². The van der Waals surface area contributed by atoms with E-state index in [0.29, 0.717) is 0 Å². The summed E-state index contributed by atoms with van der Waals surface area (Å²) in [4.78, 5) is 33.5. The Bertz CT molecular complexity index is 437. The Labute approximate surface area is 96.1 Å². The molecule has 0 radical (unpaired) electrons. The first-order valence-corrected chi connectivity index (χ1v) is 4.61. The van der Waals surface area contributed by atoms with Gasteiger partial charge in [-0.05, 0) is 0 Å². The van der Waals surface area contributed by atoms with Gasteiger partial charge in [-0.15, -0.1) is 0 Å². The maximum atomic E-state index is 11.8. The summed E-state index contributed by atoms with van der Waals surface area (Å²) in [6.07, 6.45) is 2.64. The molecule has 0 unspecified atom stereocenters. The number of carboxylic acid groups (broad SMARTS) is 2. The van der Waals surface area contributed by atoms with Crippen LogP contribution in [-0.4, -0.2) is 55.8 Å². The Morgan fingerprint density at radius 2 is 1.82 bits per heavy atom. The molecule has 0 aliphatic rings. The van der Waals surface area contributed by atoms with Crippen molar-refractivity contribution in [1.82, 2.24) is 14.7 Å². The normalized spacial score (nSPS) is 9.94. The van der Waals surface area contributed by atoms with Crippen LogP contribution in [0.15, 0.2) is 12.4 Å². The lowest BCUT2D eigenvalue weighted by atomic mass is 10.3. The minimum Gasteiger partial charge on any atom is -0.480 e. The van der Waals surface area contributed by atoms with Crippen LogP contribution in [0, 0.1) is 0 Å². The van der Waals surface area contributed by atoms with E-state index in [2.05, 4.69) is 5.10 Å². The van der Waals surface area contributed by atoms with Crippen LogP contribution < -0.4 is 0 Å². The van der Waals surface area contributed by atoms with Crippen LogP contribution in [0.4, 0.5) is 0 Å². The molecule has 17 heavy (non-hydrogen) atoms. The largest absolute Gasteiger partial charge is 0.480 e. The van der Waals surface area contributed by atoms with Gasteiger partial charge in [-0.1, -0.05) is 0 Å². The molecule has 0 saturated carbocycles. The van der Waals surface area contributed by atoms with Gasteiger partial charge in [-0.3, -0.25) is 19.1 Å². The zero-order valence-electron chi connectivity index (χ0n) is 9.03. The van der Waals surface area contributed by atoms with Crippen LogP contribution >= 0.6 is 0 Å². The van der Waals surface area contributed by atoms with E-state index in [1.54, 1.807) is 7.05 Å². The maximum absolute atomic E-state index is 11.8. The average molecular weight is 241 g/mol. The second-order valence-electron chi connectivity index (χ2n) is 3.35. The Balaban J connectivity index is 2.85. The van der Waals surface area contributed by atoms with Gasteiger partial charge in [0.2, 0.25) is 0 Å². The molecule has 8 nitrogen and oxygen atoms in total. The number of carbonyl (C=O) groups excluding carboxylic acids is 1. The van der Waals surface area contributed by atoms with Crippen molar-refractivity contribution < 1.29 is 24.6 Å². The molecule has 92 valence electrons. The van der Waals surface area contributed by atoms with Gasteiger partial charge in [0, 0.05) is 13.2 Å². The molecule has 0 aromatic carbocycles. The number of amides is 1. The highest BCUT2D eigenvalue weighted by molar-refractivity contribution is 5.97. The number of carboxylic acids is 2. The van der Waals surface area contributed by atoms with Gasteiger partial charge in [0.05, 0.1) is 11.8 Å². The fraction of sp³-hybridized carbons (Fsp3) is 0.333. The van der Waals surface area contributed by atoms with Gasteiger partial charge in [0.25, 0.3) is 5.91 Å². The number of carbonyl (C=O) groups is 3. The van der Waals surface area contributed by atoms with E-state index in [0.717, 1.165) is 4.90 Å². The fourth-order valence-corrected chi connectivity index (χ4v) is 1.24. The zero-order chi connectivity index (χ0) is 13.0. The van der Waals surface area contributed by atoms with Crippen LogP contribution in [-0.2, 0) is 16.6 Å². The molecule has 1 aromatic rings. The van der Waals surface area contributed by atoms with Crippen molar-refractivity contribution in [1.29, 1.82) is 0 Å². The van der Waals surface area contributed by atoms with E-state index in [4.69, 9.17) is 10.2 Å². The van der Waals surface area contributed by atoms with E-state index in [9.17, 15) is 14.4 Å². The predicted molar refractivity (Wildman–Crippen MR) is 54.4 cm³/mol. The maximum Gasteiger partial charge on any atom is 0.323 e. The summed E-state index contributed by atoms with van der Waals surface area (Å²) in [6, 6.07) is 0. The SMILES string of the molecule is Cn1cc(C(=O)N(CC(=O)O)CC(=O)O)cn1. The fourth-order valence-electron chi connectivity index (χ4n) is 1.24. The number of rotatable bonds is 5. The molecular weight excluding hydrogens is 230 g/mol. The van der Waals surface area contributed by atoms with Gasteiger partial charge in [0.1, 0.15) is 13.1 Å². The lowest BCUT2D eigenvalue weighted by Gasteiger charge is -2.17. The van der Waals surface area contributed by atoms with Crippen molar-refractivity contribution in [3.05, 3.63) is 18.0 Å². The lowest BCUT2D eigenvalue weighted by Crippen LogP contribution is -2.39. The van der Waals surface area contributed by atoms with E-state index in [-0.39, 0.29) is 5.56 Å². The van der Waals surface area contributed by atoms with Crippen molar-refractivity contribution in [3.8, 4) is 0 Å². The Morgan fingerprint density at radius 3 is 2.18 bits per heavy atom. The highest BCUT2D eigenvalue weighted by atomic mass is 16.4. The van der Waals surface area contributed by atoms with Crippen molar-refractivity contribution >= 4 is 17.8 Å².